The summed E-state index contributed by atoms with van der Waals surface area (Å²) < 4.78 is 7.69. The number of aromatic nitrogens is 4. The minimum atomic E-state index is -0.342. The molecule has 1 aromatic carbocycles. The molecule has 1 amide bonds. The van der Waals surface area contributed by atoms with Crippen molar-refractivity contribution in [2.75, 3.05) is 11.9 Å². The molecule has 0 radical (unpaired) electrons. The first kappa shape index (κ1) is 18.3. The first-order valence-electron chi connectivity index (χ1n) is 7.36. The number of nitrogens with one attached hydrogen (secondary N) is 2. The lowest BCUT2D eigenvalue weighted by molar-refractivity contribution is 0.0977. The van der Waals surface area contributed by atoms with Gasteiger partial charge in [0.15, 0.2) is 5.11 Å². The predicted octanol–water partition coefficient (Wildman–Crippen LogP) is 2.37. The van der Waals surface area contributed by atoms with Gasteiger partial charge in [-0.15, -0.1) is 0 Å². The van der Waals surface area contributed by atoms with Gasteiger partial charge >= 0.3 is 0 Å². The number of anilines is 1. The van der Waals surface area contributed by atoms with Crippen LogP contribution in [0.25, 0.3) is 0 Å². The molecule has 2 aromatic rings. The third-order valence-corrected chi connectivity index (χ3v) is 3.74. The monoisotopic (exact) mass is 412 g/mol. The van der Waals surface area contributed by atoms with Gasteiger partial charge in [0.05, 0.1) is 11.1 Å². The van der Waals surface area contributed by atoms with E-state index in [2.05, 4.69) is 42.1 Å². The van der Waals surface area contributed by atoms with Crippen molar-refractivity contribution in [2.45, 2.75) is 26.8 Å². The molecule has 1 aromatic heterocycles. The van der Waals surface area contributed by atoms with Crippen molar-refractivity contribution in [3.8, 4) is 5.75 Å². The Morgan fingerprint density at radius 3 is 2.88 bits per heavy atom. The van der Waals surface area contributed by atoms with E-state index < -0.39 is 0 Å². The molecule has 0 aliphatic carbocycles. The molecule has 8 nitrogen and oxygen atoms in total. The van der Waals surface area contributed by atoms with E-state index in [1.807, 2.05) is 13.8 Å². The lowest BCUT2D eigenvalue weighted by Crippen LogP contribution is -2.35. The number of halogens is 1. The fourth-order valence-electron chi connectivity index (χ4n) is 1.88. The summed E-state index contributed by atoms with van der Waals surface area (Å²) in [6.45, 7) is 5.10. The smallest absolute Gasteiger partial charge is 0.257 e. The van der Waals surface area contributed by atoms with Crippen molar-refractivity contribution in [1.29, 1.82) is 0 Å². The minimum absolute atomic E-state index is 0.122. The second-order valence-corrected chi connectivity index (χ2v) is 5.97. The Hall–Kier alpha value is -2.07. The van der Waals surface area contributed by atoms with Gasteiger partial charge in [0, 0.05) is 12.1 Å². The summed E-state index contributed by atoms with van der Waals surface area (Å²) >= 11 is 8.51. The molecule has 10 heteroatoms. The Morgan fingerprint density at radius 2 is 2.21 bits per heavy atom. The van der Waals surface area contributed by atoms with Crippen LogP contribution in [0.3, 0.4) is 0 Å². The molecular formula is C14H17BrN6O2S. The van der Waals surface area contributed by atoms with Crippen LogP contribution in [-0.2, 0) is 6.54 Å². The number of nitrogens with zero attached hydrogens (tertiary/aromatic N) is 4. The van der Waals surface area contributed by atoms with E-state index >= 15 is 0 Å². The summed E-state index contributed by atoms with van der Waals surface area (Å²) in [5.41, 5.74) is 0.447. The summed E-state index contributed by atoms with van der Waals surface area (Å²) in [6, 6.07) is 5.06. The average Bonchev–Trinajstić information content (AvgIpc) is 2.96. The molecule has 0 atom stereocenters. The maximum absolute atomic E-state index is 12.3. The number of thiocarbonyl (C=S) groups is 1. The number of benzene rings is 1. The van der Waals surface area contributed by atoms with E-state index in [9.17, 15) is 4.79 Å². The Bertz CT molecular complexity index is 736. The van der Waals surface area contributed by atoms with Gasteiger partial charge in [0.1, 0.15) is 5.75 Å². The molecule has 24 heavy (non-hydrogen) atoms. The van der Waals surface area contributed by atoms with Crippen LogP contribution < -0.4 is 15.4 Å². The third-order valence-electron chi connectivity index (χ3n) is 2.91. The van der Waals surface area contributed by atoms with E-state index in [4.69, 9.17) is 17.0 Å². The summed E-state index contributed by atoms with van der Waals surface area (Å²) in [5.74, 6) is 0.717. The van der Waals surface area contributed by atoms with E-state index in [-0.39, 0.29) is 11.0 Å². The van der Waals surface area contributed by atoms with Crippen LogP contribution in [0.15, 0.2) is 22.7 Å². The molecular weight excluding hydrogens is 396 g/mol. The number of hydrogen-bond donors (Lipinski definition) is 2. The highest BCUT2D eigenvalue weighted by Gasteiger charge is 2.13. The first-order chi connectivity index (χ1) is 11.5. The van der Waals surface area contributed by atoms with Crippen molar-refractivity contribution in [2.24, 2.45) is 0 Å². The molecule has 2 rings (SSSR count). The highest BCUT2D eigenvalue weighted by atomic mass is 79.9. The molecule has 0 saturated carbocycles. The van der Waals surface area contributed by atoms with Crippen LogP contribution in [0, 0.1) is 0 Å². The van der Waals surface area contributed by atoms with Gasteiger partial charge < -0.3 is 4.74 Å². The van der Waals surface area contributed by atoms with Crippen molar-refractivity contribution in [1.82, 2.24) is 25.5 Å². The Kier molecular flexibility index (Phi) is 6.62. The van der Waals surface area contributed by atoms with E-state index in [0.29, 0.717) is 34.9 Å². The van der Waals surface area contributed by atoms with Gasteiger partial charge in [-0.2, -0.15) is 0 Å². The molecule has 0 saturated heterocycles. The number of rotatable bonds is 6. The largest absolute Gasteiger partial charge is 0.493 e. The van der Waals surface area contributed by atoms with Gasteiger partial charge in [-0.1, -0.05) is 12.0 Å². The molecule has 128 valence electrons. The van der Waals surface area contributed by atoms with Crippen LogP contribution >= 0.6 is 28.1 Å². The fourth-order valence-corrected chi connectivity index (χ4v) is 2.56. The number of hydrogen-bond acceptors (Lipinski definition) is 6. The van der Waals surface area contributed by atoms with Gasteiger partial charge in [-0.25, -0.2) is 4.68 Å². The van der Waals surface area contributed by atoms with Crippen LogP contribution in [0.4, 0.5) is 5.95 Å². The van der Waals surface area contributed by atoms with E-state index in [1.54, 1.807) is 22.9 Å². The highest BCUT2D eigenvalue weighted by molar-refractivity contribution is 9.10. The normalized spacial score (nSPS) is 10.3. The van der Waals surface area contributed by atoms with Crippen LogP contribution in [0.5, 0.6) is 5.75 Å². The Morgan fingerprint density at radius 1 is 1.42 bits per heavy atom. The number of carbonyl (C=O) groups excluding carboxylic acids is 1. The number of carbonyl (C=O) groups is 1. The molecule has 0 fully saturated rings. The summed E-state index contributed by atoms with van der Waals surface area (Å²) in [4.78, 5) is 12.3. The lowest BCUT2D eigenvalue weighted by atomic mass is 10.2. The first-order valence-corrected chi connectivity index (χ1v) is 8.56. The zero-order valence-corrected chi connectivity index (χ0v) is 15.6. The number of aryl methyl sites for hydroxylation is 1. The van der Waals surface area contributed by atoms with Crippen LogP contribution in [-0.4, -0.2) is 37.8 Å². The third kappa shape index (κ3) is 4.71. The van der Waals surface area contributed by atoms with Crippen molar-refractivity contribution >= 4 is 45.1 Å². The second kappa shape index (κ2) is 8.69. The standard InChI is InChI=1S/C14H17BrN6O2S/c1-3-7-21-13(18-19-20-21)17-14(24)16-12(22)9-5-6-11(23-4-2)10(15)8-9/h5-6,8H,3-4,7H2,1-2H3,(H2,16,17,18,20,22,24). The predicted molar refractivity (Wildman–Crippen MR) is 97.1 cm³/mol. The number of ether oxygens (including phenoxy) is 1. The van der Waals surface area contributed by atoms with Crippen LogP contribution in [0.1, 0.15) is 30.6 Å². The summed E-state index contributed by atoms with van der Waals surface area (Å²) in [7, 11) is 0. The molecule has 1 heterocycles. The minimum Gasteiger partial charge on any atom is -0.493 e. The molecule has 0 aliphatic heterocycles. The SMILES string of the molecule is CCCn1nnnc1NC(=S)NC(=O)c1ccc(OCC)c(Br)c1. The Balaban J connectivity index is 1.99. The summed E-state index contributed by atoms with van der Waals surface area (Å²) in [5, 5.41) is 16.8. The van der Waals surface area contributed by atoms with Gasteiger partial charge in [-0.05, 0) is 70.1 Å². The zero-order valence-electron chi connectivity index (χ0n) is 13.2. The summed E-state index contributed by atoms with van der Waals surface area (Å²) in [6.07, 6.45) is 0.874. The maximum Gasteiger partial charge on any atom is 0.257 e. The quantitative estimate of drug-likeness (QED) is 0.703. The molecule has 0 bridgehead atoms. The van der Waals surface area contributed by atoms with Gasteiger partial charge in [0.2, 0.25) is 5.95 Å². The van der Waals surface area contributed by atoms with Gasteiger partial charge in [-0.3, -0.25) is 15.4 Å². The lowest BCUT2D eigenvalue weighted by Gasteiger charge is -2.10. The second-order valence-electron chi connectivity index (χ2n) is 4.71. The van der Waals surface area contributed by atoms with Crippen molar-refractivity contribution < 1.29 is 9.53 Å². The maximum atomic E-state index is 12.3. The molecule has 0 spiro atoms. The Labute approximate surface area is 153 Å². The topological polar surface area (TPSA) is 94.0 Å². The van der Waals surface area contributed by atoms with E-state index in [1.165, 1.54) is 0 Å². The highest BCUT2D eigenvalue weighted by Crippen LogP contribution is 2.25. The molecule has 0 aliphatic rings. The molecule has 0 unspecified atom stereocenters. The average molecular weight is 413 g/mol. The van der Waals surface area contributed by atoms with Gasteiger partial charge in [0.25, 0.3) is 5.91 Å². The van der Waals surface area contributed by atoms with Crippen molar-refractivity contribution in [3.05, 3.63) is 28.2 Å². The van der Waals surface area contributed by atoms with Crippen molar-refractivity contribution in [3.63, 3.8) is 0 Å². The van der Waals surface area contributed by atoms with Crippen LogP contribution in [0.2, 0.25) is 0 Å². The fraction of sp³-hybridized carbons (Fsp3) is 0.357. The number of amides is 1. The van der Waals surface area contributed by atoms with E-state index in [0.717, 1.165) is 6.42 Å². The molecule has 2 N–H and O–H groups in total. The zero-order chi connectivity index (χ0) is 17.5. The number of tetrazole rings is 1.